The van der Waals surface area contributed by atoms with Crippen LogP contribution in [0.4, 0.5) is 5.82 Å². The van der Waals surface area contributed by atoms with Gasteiger partial charge in [-0.3, -0.25) is 9.36 Å². The number of hydrogen-bond acceptors (Lipinski definition) is 8. The van der Waals surface area contributed by atoms with Crippen molar-refractivity contribution in [3.05, 3.63) is 72.3 Å². The maximum Gasteiger partial charge on any atom is 0.251 e. The zero-order valence-corrected chi connectivity index (χ0v) is 21.6. The zero-order chi connectivity index (χ0) is 27.4. The van der Waals surface area contributed by atoms with Crippen molar-refractivity contribution in [2.45, 2.75) is 37.7 Å². The third kappa shape index (κ3) is 3.91. The minimum Gasteiger partial charge on any atom is -0.394 e. The first kappa shape index (κ1) is 24.6. The third-order valence-electron chi connectivity index (χ3n) is 7.89. The Morgan fingerprint density at radius 1 is 1.05 bits per heavy atom. The average molecular weight is 537 g/mol. The molecule has 40 heavy (non-hydrogen) atoms. The van der Waals surface area contributed by atoms with E-state index < -0.39 is 18.4 Å². The van der Waals surface area contributed by atoms with Crippen molar-refractivity contribution in [1.82, 2.24) is 24.8 Å². The summed E-state index contributed by atoms with van der Waals surface area (Å²) in [5.74, 6) is 0.786. The van der Waals surface area contributed by atoms with E-state index >= 15 is 0 Å². The van der Waals surface area contributed by atoms with Crippen molar-refractivity contribution in [3.8, 4) is 0 Å². The van der Waals surface area contributed by atoms with Crippen LogP contribution in [0.15, 0.2) is 60.9 Å². The molecule has 0 unspecified atom stereocenters. The van der Waals surface area contributed by atoms with Gasteiger partial charge in [0.2, 0.25) is 0 Å². The standard InChI is InChI=1S/C30H28N6O4/c31-28-27-29(34-15-33-28)36(24-13-21(38)22(14-37)40-24)23(35-27)5-2-12-32-30(39)20-11-9-18-7-6-16-3-1-4-17-8-10-19(20)26(18)25(16)17/h1,3-4,6-11,15,21-22,24,37-38H,2,5,12-14H2,(H,32,39)(H2,31,33,34)/t21-,22+,24+/m0/s1. The fraction of sp³-hybridized carbons (Fsp3) is 0.267. The summed E-state index contributed by atoms with van der Waals surface area (Å²) in [5, 5.41) is 29.6. The molecule has 0 radical (unpaired) electrons. The van der Waals surface area contributed by atoms with Crippen LogP contribution in [0.2, 0.25) is 0 Å². The fourth-order valence-corrected chi connectivity index (χ4v) is 5.96. The Labute approximate surface area is 228 Å². The molecule has 2 aromatic heterocycles. The van der Waals surface area contributed by atoms with Crippen molar-refractivity contribution in [2.24, 2.45) is 0 Å². The monoisotopic (exact) mass is 536 g/mol. The number of ether oxygens (including phenoxy) is 1. The van der Waals surface area contributed by atoms with Crippen LogP contribution in [0.5, 0.6) is 0 Å². The van der Waals surface area contributed by atoms with E-state index in [4.69, 9.17) is 10.5 Å². The van der Waals surface area contributed by atoms with E-state index in [1.54, 1.807) is 0 Å². The van der Waals surface area contributed by atoms with E-state index in [0.29, 0.717) is 48.4 Å². The van der Waals surface area contributed by atoms with Crippen LogP contribution in [0.1, 0.15) is 35.3 Å². The van der Waals surface area contributed by atoms with Crippen LogP contribution in [0.3, 0.4) is 0 Å². The number of carbonyl (C=O) groups excluding carboxylic acids is 1. The minimum atomic E-state index is -0.802. The predicted octanol–water partition coefficient (Wildman–Crippen LogP) is 3.31. The van der Waals surface area contributed by atoms with Gasteiger partial charge in [0.25, 0.3) is 5.91 Å². The quantitative estimate of drug-likeness (QED) is 0.179. The van der Waals surface area contributed by atoms with Crippen LogP contribution < -0.4 is 11.1 Å². The number of aryl methyl sites for hydroxylation is 1. The maximum atomic E-state index is 13.3. The number of amides is 1. The van der Waals surface area contributed by atoms with E-state index in [0.717, 1.165) is 26.9 Å². The van der Waals surface area contributed by atoms with Gasteiger partial charge in [-0.1, -0.05) is 48.5 Å². The van der Waals surface area contributed by atoms with Crippen molar-refractivity contribution in [3.63, 3.8) is 0 Å². The molecule has 0 aliphatic carbocycles. The summed E-state index contributed by atoms with van der Waals surface area (Å²) < 4.78 is 7.71. The summed E-state index contributed by atoms with van der Waals surface area (Å²) >= 11 is 0. The molecule has 1 aliphatic rings. The molecule has 10 nitrogen and oxygen atoms in total. The normalized spacial score (nSPS) is 19.4. The molecule has 3 heterocycles. The molecule has 1 fully saturated rings. The summed E-state index contributed by atoms with van der Waals surface area (Å²) in [6.07, 6.45) is 0.738. The molecule has 1 saturated heterocycles. The highest BCUT2D eigenvalue weighted by Crippen LogP contribution is 2.36. The maximum absolute atomic E-state index is 13.3. The van der Waals surface area contributed by atoms with Crippen LogP contribution in [0, 0.1) is 0 Å². The van der Waals surface area contributed by atoms with Gasteiger partial charge in [0.05, 0.1) is 12.7 Å². The van der Waals surface area contributed by atoms with Gasteiger partial charge in [-0.15, -0.1) is 0 Å². The lowest BCUT2D eigenvalue weighted by Gasteiger charge is -2.17. The van der Waals surface area contributed by atoms with Crippen molar-refractivity contribution in [2.75, 3.05) is 18.9 Å². The number of benzene rings is 4. The molecule has 5 N–H and O–H groups in total. The number of aromatic nitrogens is 4. The lowest BCUT2D eigenvalue weighted by molar-refractivity contribution is -0.0440. The first-order chi connectivity index (χ1) is 19.5. The average Bonchev–Trinajstić information content (AvgIpc) is 3.54. The number of carbonyl (C=O) groups is 1. The number of nitrogens with two attached hydrogens (primary N) is 1. The smallest absolute Gasteiger partial charge is 0.251 e. The molecule has 0 saturated carbocycles. The first-order valence-electron chi connectivity index (χ1n) is 13.4. The van der Waals surface area contributed by atoms with Gasteiger partial charge in [0.15, 0.2) is 17.0 Å². The highest BCUT2D eigenvalue weighted by molar-refractivity contribution is 6.26. The lowest BCUT2D eigenvalue weighted by atomic mass is 9.92. The zero-order valence-electron chi connectivity index (χ0n) is 21.6. The van der Waals surface area contributed by atoms with Gasteiger partial charge in [-0.05, 0) is 44.8 Å². The number of rotatable bonds is 7. The van der Waals surface area contributed by atoms with Gasteiger partial charge in [0.1, 0.15) is 24.5 Å². The fourth-order valence-electron chi connectivity index (χ4n) is 5.96. The number of nitrogens with one attached hydrogen (secondary N) is 1. The van der Waals surface area contributed by atoms with Gasteiger partial charge in [-0.2, -0.15) is 0 Å². The number of aliphatic hydroxyl groups excluding tert-OH is 2. The number of aliphatic hydroxyl groups is 2. The van der Waals surface area contributed by atoms with Crippen LogP contribution >= 0.6 is 0 Å². The number of anilines is 1. The number of nitrogens with zero attached hydrogens (tertiary/aromatic N) is 4. The molecule has 0 bridgehead atoms. The molecular formula is C30H28N6O4. The van der Waals surface area contributed by atoms with Gasteiger partial charge < -0.3 is 26.0 Å². The second kappa shape index (κ2) is 9.67. The summed E-state index contributed by atoms with van der Waals surface area (Å²) in [7, 11) is 0. The van der Waals surface area contributed by atoms with E-state index in [1.165, 1.54) is 11.7 Å². The van der Waals surface area contributed by atoms with E-state index in [-0.39, 0.29) is 18.3 Å². The molecular weight excluding hydrogens is 508 g/mol. The van der Waals surface area contributed by atoms with Crippen molar-refractivity contribution in [1.29, 1.82) is 0 Å². The number of imidazole rings is 1. The van der Waals surface area contributed by atoms with Crippen LogP contribution in [-0.2, 0) is 11.2 Å². The number of nitrogen functional groups attached to an aromatic ring is 1. The first-order valence-corrected chi connectivity index (χ1v) is 13.4. The molecule has 1 amide bonds. The molecule has 4 aromatic carbocycles. The second-order valence-electron chi connectivity index (χ2n) is 10.3. The van der Waals surface area contributed by atoms with Crippen molar-refractivity contribution < 1.29 is 19.7 Å². The summed E-state index contributed by atoms with van der Waals surface area (Å²) in [4.78, 5) is 26.4. The van der Waals surface area contributed by atoms with Gasteiger partial charge in [0, 0.05) is 24.9 Å². The predicted molar refractivity (Wildman–Crippen MR) is 152 cm³/mol. The van der Waals surface area contributed by atoms with Gasteiger partial charge >= 0.3 is 0 Å². The highest BCUT2D eigenvalue weighted by atomic mass is 16.5. The SMILES string of the molecule is Nc1ncnc2c1nc(CCCNC(=O)c1ccc3ccc4cccc5ccc1c3c45)n2[C@H]1C[C@H](O)[C@@H](CO)O1. The Morgan fingerprint density at radius 2 is 1.80 bits per heavy atom. The Morgan fingerprint density at radius 3 is 2.58 bits per heavy atom. The molecule has 1 aliphatic heterocycles. The largest absolute Gasteiger partial charge is 0.394 e. The molecule has 10 heteroatoms. The van der Waals surface area contributed by atoms with E-state index in [9.17, 15) is 15.0 Å². The molecule has 6 aromatic rings. The summed E-state index contributed by atoms with van der Waals surface area (Å²) in [5.41, 5.74) is 7.67. The molecule has 3 atom stereocenters. The van der Waals surface area contributed by atoms with E-state index in [2.05, 4.69) is 56.7 Å². The Kier molecular flexibility index (Phi) is 5.96. The summed E-state index contributed by atoms with van der Waals surface area (Å²) in [6, 6.07) is 18.5. The summed E-state index contributed by atoms with van der Waals surface area (Å²) in [6.45, 7) is 0.143. The van der Waals surface area contributed by atoms with Crippen molar-refractivity contribution >= 4 is 55.2 Å². The third-order valence-corrected chi connectivity index (χ3v) is 7.89. The second-order valence-corrected chi connectivity index (χ2v) is 10.3. The molecule has 0 spiro atoms. The number of fused-ring (bicyclic) bond motifs is 1. The Hall–Kier alpha value is -4.38. The Bertz CT molecular complexity index is 1870. The topological polar surface area (TPSA) is 148 Å². The van der Waals surface area contributed by atoms with Gasteiger partial charge in [-0.25, -0.2) is 15.0 Å². The molecule has 202 valence electrons. The Balaban J connectivity index is 1.12. The number of hydrogen-bond donors (Lipinski definition) is 4. The molecule has 7 rings (SSSR count). The minimum absolute atomic E-state index is 0.130. The lowest BCUT2D eigenvalue weighted by Crippen LogP contribution is -2.25. The van der Waals surface area contributed by atoms with Crippen LogP contribution in [0.25, 0.3) is 43.5 Å². The van der Waals surface area contributed by atoms with E-state index in [1.807, 2.05) is 22.8 Å². The highest BCUT2D eigenvalue weighted by Gasteiger charge is 2.36. The van der Waals surface area contributed by atoms with Crippen LogP contribution in [-0.4, -0.2) is 61.0 Å².